The van der Waals surface area contributed by atoms with Gasteiger partial charge in [-0.3, -0.25) is 5.10 Å². The molecule has 16 heavy (non-hydrogen) atoms. The fraction of sp³-hybridized carbons (Fsp3) is 0.400. The van der Waals surface area contributed by atoms with Gasteiger partial charge >= 0.3 is 0 Å². The summed E-state index contributed by atoms with van der Waals surface area (Å²) < 4.78 is 0. The molecule has 0 fully saturated rings. The maximum Gasteiger partial charge on any atom is 0.184 e. The second kappa shape index (κ2) is 4.99. The van der Waals surface area contributed by atoms with E-state index in [9.17, 15) is 0 Å². The fourth-order valence-corrected chi connectivity index (χ4v) is 3.74. The first-order valence-electron chi connectivity index (χ1n) is 5.00. The van der Waals surface area contributed by atoms with E-state index in [-0.39, 0.29) is 11.3 Å². The minimum atomic E-state index is 0.0763. The second-order valence-electron chi connectivity index (χ2n) is 3.66. The van der Waals surface area contributed by atoms with Gasteiger partial charge in [-0.2, -0.15) is 5.10 Å². The van der Waals surface area contributed by atoms with Crippen molar-refractivity contribution in [1.29, 1.82) is 0 Å². The lowest BCUT2D eigenvalue weighted by Gasteiger charge is -2.18. The summed E-state index contributed by atoms with van der Waals surface area (Å²) in [7, 11) is 0. The molecule has 2 atom stereocenters. The van der Waals surface area contributed by atoms with Gasteiger partial charge < -0.3 is 5.73 Å². The third-order valence-electron chi connectivity index (χ3n) is 2.27. The van der Waals surface area contributed by atoms with Crippen molar-refractivity contribution in [2.75, 3.05) is 0 Å². The zero-order valence-electron chi connectivity index (χ0n) is 9.18. The van der Waals surface area contributed by atoms with Gasteiger partial charge in [-0.1, -0.05) is 11.8 Å². The summed E-state index contributed by atoms with van der Waals surface area (Å²) in [5.74, 6) is 0. The van der Waals surface area contributed by atoms with Gasteiger partial charge in [0.2, 0.25) is 0 Å². The van der Waals surface area contributed by atoms with Gasteiger partial charge in [0, 0.05) is 10.9 Å². The summed E-state index contributed by atoms with van der Waals surface area (Å²) in [4.78, 5) is 5.44. The number of H-pyrrole nitrogens is 1. The summed E-state index contributed by atoms with van der Waals surface area (Å²) in [6.07, 6.45) is 1.52. The Morgan fingerprint density at radius 2 is 2.38 bits per heavy atom. The standard InChI is InChI=1S/C10H14N4S2/c1-6-3-4-15-8(6)9(7(2)11)16-10-12-5-13-14-10/h3-5,7,9H,11H2,1-2H3,(H,12,13,14). The smallest absolute Gasteiger partial charge is 0.184 e. The Kier molecular flexibility index (Phi) is 3.63. The first-order chi connectivity index (χ1) is 7.68. The quantitative estimate of drug-likeness (QED) is 0.822. The topological polar surface area (TPSA) is 67.6 Å². The molecule has 0 aliphatic heterocycles. The van der Waals surface area contributed by atoms with E-state index >= 15 is 0 Å². The molecule has 2 heterocycles. The van der Waals surface area contributed by atoms with E-state index in [1.807, 2.05) is 6.92 Å². The summed E-state index contributed by atoms with van der Waals surface area (Å²) in [5, 5.41) is 9.84. The van der Waals surface area contributed by atoms with Crippen molar-refractivity contribution in [3.05, 3.63) is 28.2 Å². The SMILES string of the molecule is Cc1ccsc1C(Sc1ncn[nH]1)C(C)N. The Hall–Kier alpha value is -0.850. The zero-order valence-corrected chi connectivity index (χ0v) is 10.8. The van der Waals surface area contributed by atoms with E-state index in [1.54, 1.807) is 23.1 Å². The van der Waals surface area contributed by atoms with Gasteiger partial charge in [-0.25, -0.2) is 4.98 Å². The first-order valence-corrected chi connectivity index (χ1v) is 6.76. The predicted molar refractivity (Wildman–Crippen MR) is 67.7 cm³/mol. The summed E-state index contributed by atoms with van der Waals surface area (Å²) in [6, 6.07) is 2.20. The minimum Gasteiger partial charge on any atom is -0.327 e. The van der Waals surface area contributed by atoms with Crippen molar-refractivity contribution in [2.24, 2.45) is 5.73 Å². The number of aromatic amines is 1. The van der Waals surface area contributed by atoms with Crippen LogP contribution in [0.3, 0.4) is 0 Å². The van der Waals surface area contributed by atoms with E-state index in [0.29, 0.717) is 0 Å². The van der Waals surface area contributed by atoms with E-state index in [1.165, 1.54) is 16.8 Å². The molecule has 2 aromatic heterocycles. The molecule has 4 nitrogen and oxygen atoms in total. The summed E-state index contributed by atoms with van der Waals surface area (Å²) in [6.45, 7) is 4.13. The molecule has 0 saturated carbocycles. The van der Waals surface area contributed by atoms with Crippen molar-refractivity contribution < 1.29 is 0 Å². The fourth-order valence-electron chi connectivity index (χ4n) is 1.45. The molecule has 2 unspecified atom stereocenters. The van der Waals surface area contributed by atoms with Crippen LogP contribution in [0, 0.1) is 6.92 Å². The van der Waals surface area contributed by atoms with E-state index in [0.717, 1.165) is 5.16 Å². The average molecular weight is 254 g/mol. The van der Waals surface area contributed by atoms with Crippen molar-refractivity contribution in [3.63, 3.8) is 0 Å². The lowest BCUT2D eigenvalue weighted by atomic mass is 10.1. The summed E-state index contributed by atoms with van der Waals surface area (Å²) in [5.41, 5.74) is 7.33. The molecule has 0 amide bonds. The van der Waals surface area contributed by atoms with Gasteiger partial charge in [-0.15, -0.1) is 11.3 Å². The molecule has 0 aliphatic carbocycles. The van der Waals surface area contributed by atoms with Crippen LogP contribution in [-0.2, 0) is 0 Å². The maximum absolute atomic E-state index is 6.04. The molecule has 0 bridgehead atoms. The average Bonchev–Trinajstić information content (AvgIpc) is 2.85. The highest BCUT2D eigenvalue weighted by Gasteiger charge is 2.21. The van der Waals surface area contributed by atoms with Crippen LogP contribution in [0.2, 0.25) is 0 Å². The largest absolute Gasteiger partial charge is 0.327 e. The van der Waals surface area contributed by atoms with E-state index in [2.05, 4.69) is 33.6 Å². The number of thiophene rings is 1. The molecule has 0 aromatic carbocycles. The normalized spacial score (nSPS) is 14.9. The number of hydrogen-bond donors (Lipinski definition) is 2. The lowest BCUT2D eigenvalue weighted by Crippen LogP contribution is -2.22. The third kappa shape index (κ3) is 2.45. The van der Waals surface area contributed by atoms with Crippen LogP contribution in [0.25, 0.3) is 0 Å². The number of aromatic nitrogens is 3. The number of hydrogen-bond acceptors (Lipinski definition) is 5. The number of nitrogens with one attached hydrogen (secondary N) is 1. The van der Waals surface area contributed by atoms with Crippen LogP contribution in [0.4, 0.5) is 0 Å². The molecule has 6 heteroatoms. The van der Waals surface area contributed by atoms with Gasteiger partial charge in [0.1, 0.15) is 6.33 Å². The molecule has 2 aromatic rings. The summed E-state index contributed by atoms with van der Waals surface area (Å²) >= 11 is 3.38. The molecule has 2 rings (SSSR count). The van der Waals surface area contributed by atoms with Gasteiger partial charge in [0.05, 0.1) is 5.25 Å². The second-order valence-corrected chi connectivity index (χ2v) is 5.73. The molecule has 3 N–H and O–H groups in total. The third-order valence-corrected chi connectivity index (χ3v) is 4.86. The van der Waals surface area contributed by atoms with Crippen molar-refractivity contribution >= 4 is 23.1 Å². The minimum absolute atomic E-state index is 0.0763. The van der Waals surface area contributed by atoms with Crippen LogP contribution < -0.4 is 5.73 Å². The van der Waals surface area contributed by atoms with Crippen LogP contribution in [0.15, 0.2) is 22.9 Å². The van der Waals surface area contributed by atoms with Crippen LogP contribution in [-0.4, -0.2) is 21.2 Å². The molecular formula is C10H14N4S2. The Bertz CT molecular complexity index is 435. The molecule has 86 valence electrons. The Morgan fingerprint density at radius 1 is 1.56 bits per heavy atom. The molecule has 0 radical (unpaired) electrons. The molecular weight excluding hydrogens is 240 g/mol. The van der Waals surface area contributed by atoms with Crippen LogP contribution >= 0.6 is 23.1 Å². The van der Waals surface area contributed by atoms with Gasteiger partial charge in [-0.05, 0) is 30.9 Å². The Balaban J connectivity index is 2.21. The molecule has 0 aliphatic rings. The van der Waals surface area contributed by atoms with E-state index < -0.39 is 0 Å². The monoisotopic (exact) mass is 254 g/mol. The Labute approximate surface area is 103 Å². The number of aryl methyl sites for hydroxylation is 1. The van der Waals surface area contributed by atoms with Crippen LogP contribution in [0.5, 0.6) is 0 Å². The van der Waals surface area contributed by atoms with Crippen molar-refractivity contribution in [1.82, 2.24) is 15.2 Å². The molecule has 0 spiro atoms. The highest BCUT2D eigenvalue weighted by atomic mass is 32.2. The number of nitrogens with zero attached hydrogens (tertiary/aromatic N) is 2. The lowest BCUT2D eigenvalue weighted by molar-refractivity contribution is 0.724. The van der Waals surface area contributed by atoms with Crippen molar-refractivity contribution in [2.45, 2.75) is 30.3 Å². The van der Waals surface area contributed by atoms with Gasteiger partial charge in [0.25, 0.3) is 0 Å². The predicted octanol–water partition coefficient (Wildman–Crippen LogP) is 2.36. The van der Waals surface area contributed by atoms with E-state index in [4.69, 9.17) is 5.73 Å². The van der Waals surface area contributed by atoms with Crippen LogP contribution in [0.1, 0.15) is 22.6 Å². The number of rotatable bonds is 4. The first kappa shape index (κ1) is 11.6. The van der Waals surface area contributed by atoms with Crippen molar-refractivity contribution in [3.8, 4) is 0 Å². The zero-order chi connectivity index (χ0) is 11.5. The maximum atomic E-state index is 6.04. The Morgan fingerprint density at radius 3 is 2.88 bits per heavy atom. The molecule has 0 saturated heterocycles. The van der Waals surface area contributed by atoms with Gasteiger partial charge in [0.15, 0.2) is 5.16 Å². The highest BCUT2D eigenvalue weighted by molar-refractivity contribution is 7.99. The number of thioether (sulfide) groups is 1. The highest BCUT2D eigenvalue weighted by Crippen LogP contribution is 2.39. The number of nitrogens with two attached hydrogens (primary N) is 1.